The molecule has 1 heterocycles. The lowest BCUT2D eigenvalue weighted by molar-refractivity contribution is -0.124. The van der Waals surface area contributed by atoms with Gasteiger partial charge in [-0.3, -0.25) is 9.69 Å². The fourth-order valence-electron chi connectivity index (χ4n) is 2.40. The first-order chi connectivity index (χ1) is 11.7. The van der Waals surface area contributed by atoms with E-state index >= 15 is 0 Å². The summed E-state index contributed by atoms with van der Waals surface area (Å²) in [6.07, 6.45) is 2.44. The molecule has 1 saturated heterocycles. The summed E-state index contributed by atoms with van der Waals surface area (Å²) >= 11 is 0. The van der Waals surface area contributed by atoms with Gasteiger partial charge in [-0.25, -0.2) is 4.79 Å². The third kappa shape index (κ3) is 5.92. The summed E-state index contributed by atoms with van der Waals surface area (Å²) in [7, 11) is 0. The number of hydrogen-bond donors (Lipinski definition) is 3. The average molecular weight is 332 g/mol. The van der Waals surface area contributed by atoms with Crippen LogP contribution in [-0.2, 0) is 4.79 Å². The lowest BCUT2D eigenvalue weighted by Gasteiger charge is -2.26. The van der Waals surface area contributed by atoms with Crippen LogP contribution in [0.1, 0.15) is 6.42 Å². The molecule has 1 aromatic carbocycles. The van der Waals surface area contributed by atoms with Crippen LogP contribution < -0.4 is 20.7 Å². The first kappa shape index (κ1) is 17.8. The van der Waals surface area contributed by atoms with Crippen molar-refractivity contribution < 1.29 is 14.3 Å². The number of anilines is 1. The molecule has 0 spiro atoms. The molecule has 0 unspecified atom stereocenters. The molecule has 1 aromatic rings. The van der Waals surface area contributed by atoms with Gasteiger partial charge in [-0.1, -0.05) is 24.8 Å². The van der Waals surface area contributed by atoms with Gasteiger partial charge < -0.3 is 20.7 Å². The fraction of sp³-hybridized carbons (Fsp3) is 0.412. The number of nitrogens with one attached hydrogen (secondary N) is 3. The van der Waals surface area contributed by atoms with Gasteiger partial charge in [0.1, 0.15) is 12.4 Å². The number of urea groups is 1. The first-order valence-electron chi connectivity index (χ1n) is 8.05. The van der Waals surface area contributed by atoms with Gasteiger partial charge in [0.2, 0.25) is 5.91 Å². The van der Waals surface area contributed by atoms with Crippen LogP contribution in [-0.4, -0.2) is 56.2 Å². The Kier molecular flexibility index (Phi) is 7.10. The summed E-state index contributed by atoms with van der Waals surface area (Å²) in [6.45, 7) is 7.28. The topological polar surface area (TPSA) is 82.7 Å². The Labute approximate surface area is 142 Å². The van der Waals surface area contributed by atoms with Gasteiger partial charge in [-0.05, 0) is 18.6 Å². The van der Waals surface area contributed by atoms with Gasteiger partial charge in [0, 0.05) is 26.2 Å². The van der Waals surface area contributed by atoms with Crippen LogP contribution in [0, 0.1) is 0 Å². The lowest BCUT2D eigenvalue weighted by Crippen LogP contribution is -2.48. The van der Waals surface area contributed by atoms with E-state index in [1.54, 1.807) is 18.2 Å². The molecule has 0 aliphatic carbocycles. The molecule has 7 heteroatoms. The van der Waals surface area contributed by atoms with Gasteiger partial charge in [0.15, 0.2) is 0 Å². The zero-order chi connectivity index (χ0) is 17.2. The summed E-state index contributed by atoms with van der Waals surface area (Å²) < 4.78 is 5.50. The summed E-state index contributed by atoms with van der Waals surface area (Å²) in [6, 6.07) is 6.97. The molecule has 0 atom stereocenters. The SMILES string of the molecule is C=CCOc1ccccc1NC(=O)NCCCN1CCNC(=O)C1. The number of hydrogen-bond acceptors (Lipinski definition) is 4. The van der Waals surface area contributed by atoms with Gasteiger partial charge >= 0.3 is 6.03 Å². The molecule has 2 rings (SSSR count). The Morgan fingerprint density at radius 3 is 3.04 bits per heavy atom. The summed E-state index contributed by atoms with van der Waals surface area (Å²) in [4.78, 5) is 25.3. The predicted octanol–water partition coefficient (Wildman–Crippen LogP) is 1.19. The van der Waals surface area contributed by atoms with Gasteiger partial charge in [0.25, 0.3) is 0 Å². The lowest BCUT2D eigenvalue weighted by atomic mass is 10.3. The van der Waals surface area contributed by atoms with E-state index in [2.05, 4.69) is 27.4 Å². The Hall–Kier alpha value is -2.54. The average Bonchev–Trinajstić information content (AvgIpc) is 2.58. The second-order valence-electron chi connectivity index (χ2n) is 5.46. The van der Waals surface area contributed by atoms with Crippen LogP contribution in [0.2, 0.25) is 0 Å². The molecule has 3 N–H and O–H groups in total. The molecule has 0 bridgehead atoms. The minimum atomic E-state index is -0.277. The molecule has 1 fully saturated rings. The molecular formula is C17H24N4O3. The maximum atomic E-state index is 12.0. The second-order valence-corrected chi connectivity index (χ2v) is 5.46. The smallest absolute Gasteiger partial charge is 0.319 e. The van der Waals surface area contributed by atoms with E-state index in [4.69, 9.17) is 4.74 Å². The Morgan fingerprint density at radius 2 is 2.25 bits per heavy atom. The van der Waals surface area contributed by atoms with Crippen molar-refractivity contribution in [3.8, 4) is 5.75 Å². The van der Waals surface area contributed by atoms with Crippen LogP contribution in [0.3, 0.4) is 0 Å². The maximum absolute atomic E-state index is 12.0. The van der Waals surface area contributed by atoms with Crippen LogP contribution in [0.5, 0.6) is 5.75 Å². The highest BCUT2D eigenvalue weighted by molar-refractivity contribution is 5.90. The minimum absolute atomic E-state index is 0.0584. The third-order valence-corrected chi connectivity index (χ3v) is 3.55. The summed E-state index contributed by atoms with van der Waals surface area (Å²) in [5, 5.41) is 8.38. The number of piperazine rings is 1. The van der Waals surface area contributed by atoms with Crippen LogP contribution >= 0.6 is 0 Å². The van der Waals surface area contributed by atoms with Gasteiger partial charge in [-0.15, -0.1) is 0 Å². The number of carbonyl (C=O) groups is 2. The third-order valence-electron chi connectivity index (χ3n) is 3.55. The van der Waals surface area contributed by atoms with Crippen molar-refractivity contribution >= 4 is 17.6 Å². The van der Waals surface area contributed by atoms with E-state index < -0.39 is 0 Å². The zero-order valence-corrected chi connectivity index (χ0v) is 13.7. The Morgan fingerprint density at radius 1 is 1.42 bits per heavy atom. The Bertz CT molecular complexity index is 577. The number of benzene rings is 1. The molecular weight excluding hydrogens is 308 g/mol. The largest absolute Gasteiger partial charge is 0.487 e. The monoisotopic (exact) mass is 332 g/mol. The highest BCUT2D eigenvalue weighted by atomic mass is 16.5. The van der Waals surface area contributed by atoms with Crippen molar-refractivity contribution in [1.29, 1.82) is 0 Å². The quantitative estimate of drug-likeness (QED) is 0.493. The van der Waals surface area contributed by atoms with Crippen molar-refractivity contribution in [1.82, 2.24) is 15.5 Å². The fourth-order valence-corrected chi connectivity index (χ4v) is 2.40. The number of carbonyl (C=O) groups excluding carboxylic acids is 2. The molecule has 24 heavy (non-hydrogen) atoms. The van der Waals surface area contributed by atoms with Gasteiger partial charge in [-0.2, -0.15) is 0 Å². The molecule has 0 radical (unpaired) electrons. The van der Waals surface area contributed by atoms with E-state index in [1.165, 1.54) is 0 Å². The van der Waals surface area contributed by atoms with E-state index in [9.17, 15) is 9.59 Å². The summed E-state index contributed by atoms with van der Waals surface area (Å²) in [5.41, 5.74) is 0.615. The van der Waals surface area contributed by atoms with Crippen molar-refractivity contribution in [3.63, 3.8) is 0 Å². The summed E-state index contributed by atoms with van der Waals surface area (Å²) in [5.74, 6) is 0.662. The second kappa shape index (κ2) is 9.57. The maximum Gasteiger partial charge on any atom is 0.319 e. The zero-order valence-electron chi connectivity index (χ0n) is 13.7. The number of amides is 3. The molecule has 7 nitrogen and oxygen atoms in total. The highest BCUT2D eigenvalue weighted by Crippen LogP contribution is 2.23. The van der Waals surface area contributed by atoms with E-state index in [0.717, 1.165) is 19.5 Å². The van der Waals surface area contributed by atoms with Gasteiger partial charge in [0.05, 0.1) is 12.2 Å². The Balaban J connectivity index is 1.69. The highest BCUT2D eigenvalue weighted by Gasteiger charge is 2.15. The van der Waals surface area contributed by atoms with Crippen molar-refractivity contribution in [2.75, 3.05) is 44.6 Å². The minimum Gasteiger partial charge on any atom is -0.487 e. The first-order valence-corrected chi connectivity index (χ1v) is 8.05. The normalized spacial score (nSPS) is 14.6. The molecule has 0 saturated carbocycles. The predicted molar refractivity (Wildman–Crippen MR) is 93.2 cm³/mol. The van der Waals surface area contributed by atoms with E-state index in [1.807, 2.05) is 12.1 Å². The standard InChI is InChI=1S/C17H24N4O3/c1-2-12-24-15-7-4-3-6-14(15)20-17(23)19-8-5-10-21-11-9-18-16(22)13-21/h2-4,6-7H,1,5,8-13H2,(H,18,22)(H2,19,20,23). The van der Waals surface area contributed by atoms with Crippen molar-refractivity contribution in [2.24, 2.45) is 0 Å². The molecule has 0 aromatic heterocycles. The molecule has 1 aliphatic heterocycles. The van der Waals surface area contributed by atoms with Crippen LogP contribution in [0.25, 0.3) is 0 Å². The van der Waals surface area contributed by atoms with E-state index in [-0.39, 0.29) is 11.9 Å². The number of rotatable bonds is 8. The van der Waals surface area contributed by atoms with Crippen LogP contribution in [0.15, 0.2) is 36.9 Å². The number of para-hydroxylation sites is 2. The van der Waals surface area contributed by atoms with E-state index in [0.29, 0.717) is 37.7 Å². The number of nitrogens with zero attached hydrogens (tertiary/aromatic N) is 1. The number of ether oxygens (including phenoxy) is 1. The van der Waals surface area contributed by atoms with Crippen molar-refractivity contribution in [2.45, 2.75) is 6.42 Å². The molecule has 3 amide bonds. The molecule has 1 aliphatic rings. The van der Waals surface area contributed by atoms with Crippen LogP contribution in [0.4, 0.5) is 10.5 Å². The molecule has 130 valence electrons. The van der Waals surface area contributed by atoms with Crippen molar-refractivity contribution in [3.05, 3.63) is 36.9 Å².